The van der Waals surface area contributed by atoms with Gasteiger partial charge < -0.3 is 42.9 Å². The first-order valence-corrected chi connectivity index (χ1v) is 12.4. The summed E-state index contributed by atoms with van der Waals surface area (Å²) in [6.07, 6.45) is 4.14. The van der Waals surface area contributed by atoms with E-state index in [4.69, 9.17) is 33.2 Å². The molecule has 9 heteroatoms. The second-order valence-electron chi connectivity index (χ2n) is 8.82. The minimum atomic E-state index is -0.745. The van der Waals surface area contributed by atoms with Crippen molar-refractivity contribution in [2.45, 2.75) is 25.2 Å². The van der Waals surface area contributed by atoms with Gasteiger partial charge in [0.25, 0.3) is 0 Å². The molecular formula is C28H35NO8. The van der Waals surface area contributed by atoms with Crippen molar-refractivity contribution in [2.75, 3.05) is 61.8 Å². The summed E-state index contributed by atoms with van der Waals surface area (Å²) >= 11 is 0. The van der Waals surface area contributed by atoms with Crippen molar-refractivity contribution in [3.05, 3.63) is 41.2 Å². The molecule has 0 spiro atoms. The maximum Gasteiger partial charge on any atom is 0.203 e. The van der Waals surface area contributed by atoms with Gasteiger partial charge in [0.2, 0.25) is 5.75 Å². The molecule has 1 atom stereocenters. The van der Waals surface area contributed by atoms with Gasteiger partial charge in [0.05, 0.1) is 47.7 Å². The predicted octanol–water partition coefficient (Wildman–Crippen LogP) is 4.28. The van der Waals surface area contributed by atoms with Gasteiger partial charge in [-0.25, -0.2) is 0 Å². The van der Waals surface area contributed by atoms with Crippen LogP contribution in [0.2, 0.25) is 0 Å². The molecule has 200 valence electrons. The molecule has 2 aromatic carbocycles. The van der Waals surface area contributed by atoms with Crippen molar-refractivity contribution in [3.8, 4) is 34.5 Å². The molecule has 0 saturated carbocycles. The number of allylic oxidation sites excluding steroid dienone is 1. The predicted molar refractivity (Wildman–Crippen MR) is 138 cm³/mol. The topological polar surface area (TPSA) is 84.9 Å². The van der Waals surface area contributed by atoms with Crippen LogP contribution in [-0.4, -0.2) is 73.0 Å². The maximum atomic E-state index is 12.6. The zero-order valence-electron chi connectivity index (χ0n) is 22.1. The molecule has 2 aliphatic heterocycles. The van der Waals surface area contributed by atoms with Crippen LogP contribution < -0.4 is 28.4 Å². The van der Waals surface area contributed by atoms with Crippen molar-refractivity contribution in [1.29, 1.82) is 0 Å². The molecule has 9 nitrogen and oxygen atoms in total. The van der Waals surface area contributed by atoms with E-state index in [1.165, 1.54) is 12.8 Å². The van der Waals surface area contributed by atoms with Gasteiger partial charge in [-0.15, -0.1) is 0 Å². The number of likely N-dealkylation sites (tertiary alicyclic amines) is 1. The van der Waals surface area contributed by atoms with Gasteiger partial charge in [-0.05, 0) is 44.5 Å². The van der Waals surface area contributed by atoms with Crippen LogP contribution >= 0.6 is 0 Å². The molecule has 0 aliphatic carbocycles. The van der Waals surface area contributed by atoms with Crippen LogP contribution in [-0.2, 0) is 9.53 Å². The molecule has 0 radical (unpaired) electrons. The van der Waals surface area contributed by atoms with Crippen LogP contribution in [0, 0.1) is 0 Å². The molecule has 2 aromatic rings. The summed E-state index contributed by atoms with van der Waals surface area (Å²) in [5.74, 6) is 2.88. The highest BCUT2D eigenvalue weighted by atomic mass is 16.5. The molecule has 1 fully saturated rings. The molecule has 1 saturated heterocycles. The standard InChI is InChI=1S/C28H35NO8/c1-31-19-15-21(32-2)25-20(17-30)27(36-12-8-11-29-9-6-7-10-29)26(37-22(25)16-19)18-13-23(33-3)28(35-5)24(14-18)34-4/h13-17,20H,6-12H2,1-5H3. The van der Waals surface area contributed by atoms with E-state index in [0.717, 1.165) is 32.3 Å². The fourth-order valence-electron chi connectivity index (χ4n) is 4.86. The zero-order valence-corrected chi connectivity index (χ0v) is 22.1. The van der Waals surface area contributed by atoms with E-state index in [1.54, 1.807) is 59.8 Å². The van der Waals surface area contributed by atoms with Crippen LogP contribution in [0.15, 0.2) is 30.0 Å². The van der Waals surface area contributed by atoms with E-state index in [1.807, 2.05) is 0 Å². The Morgan fingerprint density at radius 3 is 2.14 bits per heavy atom. The van der Waals surface area contributed by atoms with Crippen molar-refractivity contribution in [1.82, 2.24) is 4.90 Å². The molecule has 0 bridgehead atoms. The number of ether oxygens (including phenoxy) is 7. The van der Waals surface area contributed by atoms with Crippen LogP contribution in [0.1, 0.15) is 36.3 Å². The van der Waals surface area contributed by atoms with E-state index in [0.29, 0.717) is 63.7 Å². The summed E-state index contributed by atoms with van der Waals surface area (Å²) in [5.41, 5.74) is 1.20. The lowest BCUT2D eigenvalue weighted by Crippen LogP contribution is -2.23. The van der Waals surface area contributed by atoms with Crippen molar-refractivity contribution < 1.29 is 38.0 Å². The number of methoxy groups -OCH3 is 5. The number of rotatable bonds is 12. The Labute approximate surface area is 217 Å². The fraction of sp³-hybridized carbons (Fsp3) is 0.464. The van der Waals surface area contributed by atoms with Crippen molar-refractivity contribution in [2.24, 2.45) is 0 Å². The van der Waals surface area contributed by atoms with Gasteiger partial charge in [0.1, 0.15) is 29.5 Å². The van der Waals surface area contributed by atoms with E-state index in [2.05, 4.69) is 4.90 Å². The Bertz CT molecular complexity index is 1110. The molecule has 2 heterocycles. The highest BCUT2D eigenvalue weighted by molar-refractivity contribution is 5.82. The Hall–Kier alpha value is -3.59. The lowest BCUT2D eigenvalue weighted by molar-refractivity contribution is -0.109. The molecule has 4 rings (SSSR count). The van der Waals surface area contributed by atoms with Gasteiger partial charge in [-0.3, -0.25) is 0 Å². The Morgan fingerprint density at radius 2 is 1.57 bits per heavy atom. The molecule has 0 N–H and O–H groups in total. The maximum absolute atomic E-state index is 12.6. The van der Waals surface area contributed by atoms with Gasteiger partial charge >= 0.3 is 0 Å². The van der Waals surface area contributed by atoms with Gasteiger partial charge in [0, 0.05) is 24.2 Å². The number of benzene rings is 2. The SMILES string of the molecule is COc1cc(OC)c2c(c1)OC(c1cc(OC)c(OC)c(OC)c1)=C(OCCCN1CCCC1)C2C=O. The Morgan fingerprint density at radius 1 is 0.892 bits per heavy atom. The summed E-state index contributed by atoms with van der Waals surface area (Å²) in [7, 11) is 7.75. The average molecular weight is 514 g/mol. The first-order valence-electron chi connectivity index (χ1n) is 12.4. The number of aldehydes is 1. The minimum absolute atomic E-state index is 0.389. The van der Waals surface area contributed by atoms with Crippen molar-refractivity contribution >= 4 is 12.0 Å². The van der Waals surface area contributed by atoms with Crippen LogP contribution in [0.3, 0.4) is 0 Å². The van der Waals surface area contributed by atoms with Gasteiger partial charge in [-0.1, -0.05) is 0 Å². The van der Waals surface area contributed by atoms with E-state index >= 15 is 0 Å². The molecule has 0 amide bonds. The number of hydrogen-bond donors (Lipinski definition) is 0. The molecule has 1 unspecified atom stereocenters. The van der Waals surface area contributed by atoms with Crippen LogP contribution in [0.25, 0.3) is 5.76 Å². The van der Waals surface area contributed by atoms with Crippen LogP contribution in [0.4, 0.5) is 0 Å². The summed E-state index contributed by atoms with van der Waals surface area (Å²) in [5, 5.41) is 0. The Kier molecular flexibility index (Phi) is 8.66. The highest BCUT2D eigenvalue weighted by Crippen LogP contribution is 2.49. The quantitative estimate of drug-likeness (QED) is 0.305. The summed E-state index contributed by atoms with van der Waals surface area (Å²) in [6.45, 7) is 3.61. The van der Waals surface area contributed by atoms with Crippen molar-refractivity contribution in [3.63, 3.8) is 0 Å². The lowest BCUT2D eigenvalue weighted by Gasteiger charge is -2.30. The Balaban J connectivity index is 1.79. The lowest BCUT2D eigenvalue weighted by atomic mass is 9.91. The summed E-state index contributed by atoms with van der Waals surface area (Å²) in [6, 6.07) is 7.01. The molecule has 0 aromatic heterocycles. The first kappa shape index (κ1) is 26.5. The number of carbonyl (C=O) groups excluding carboxylic acids is 1. The monoisotopic (exact) mass is 513 g/mol. The highest BCUT2D eigenvalue weighted by Gasteiger charge is 2.36. The van der Waals surface area contributed by atoms with E-state index in [9.17, 15) is 4.79 Å². The number of hydrogen-bond acceptors (Lipinski definition) is 9. The normalized spacial score (nSPS) is 17.1. The third-order valence-corrected chi connectivity index (χ3v) is 6.70. The fourth-order valence-corrected chi connectivity index (χ4v) is 4.86. The van der Waals surface area contributed by atoms with Gasteiger partial charge in [0.15, 0.2) is 23.0 Å². The van der Waals surface area contributed by atoms with E-state index in [-0.39, 0.29) is 0 Å². The summed E-state index contributed by atoms with van der Waals surface area (Å²) < 4.78 is 40.4. The third kappa shape index (κ3) is 5.41. The number of carbonyl (C=O) groups is 1. The van der Waals surface area contributed by atoms with Gasteiger partial charge in [-0.2, -0.15) is 0 Å². The zero-order chi connectivity index (χ0) is 26.4. The molecule has 2 aliphatic rings. The van der Waals surface area contributed by atoms with E-state index < -0.39 is 5.92 Å². The third-order valence-electron chi connectivity index (χ3n) is 6.70. The largest absolute Gasteiger partial charge is 0.496 e. The minimum Gasteiger partial charge on any atom is -0.496 e. The summed E-state index contributed by atoms with van der Waals surface area (Å²) in [4.78, 5) is 15.0. The first-order chi connectivity index (χ1) is 18.1. The second kappa shape index (κ2) is 12.1. The average Bonchev–Trinajstić information content (AvgIpc) is 3.46. The molecule has 37 heavy (non-hydrogen) atoms. The molecular weight excluding hydrogens is 478 g/mol. The smallest absolute Gasteiger partial charge is 0.203 e. The second-order valence-corrected chi connectivity index (χ2v) is 8.82. The number of nitrogens with zero attached hydrogens (tertiary/aromatic N) is 1. The van der Waals surface area contributed by atoms with Crippen LogP contribution in [0.5, 0.6) is 34.5 Å². The number of fused-ring (bicyclic) bond motifs is 1.